The predicted octanol–water partition coefficient (Wildman–Crippen LogP) is 2.92. The van der Waals surface area contributed by atoms with Gasteiger partial charge in [-0.15, -0.1) is 0 Å². The molecule has 7 heteroatoms. The van der Waals surface area contributed by atoms with Crippen molar-refractivity contribution in [1.82, 2.24) is 5.32 Å². The molecule has 0 saturated carbocycles. The van der Waals surface area contributed by atoms with E-state index in [9.17, 15) is 14.4 Å². The molecule has 7 nitrogen and oxygen atoms in total. The molecule has 0 aliphatic heterocycles. The lowest BCUT2D eigenvalue weighted by molar-refractivity contribution is -0.152. The highest BCUT2D eigenvalue weighted by Gasteiger charge is 2.20. The van der Waals surface area contributed by atoms with Crippen LogP contribution in [0.25, 0.3) is 0 Å². The van der Waals surface area contributed by atoms with Gasteiger partial charge in [0.05, 0.1) is 7.11 Å². The minimum atomic E-state index is -1.000. The van der Waals surface area contributed by atoms with Crippen LogP contribution in [0.4, 0.5) is 5.69 Å². The molecule has 2 aromatic rings. The van der Waals surface area contributed by atoms with Crippen molar-refractivity contribution in [2.75, 3.05) is 19.0 Å². The van der Waals surface area contributed by atoms with Gasteiger partial charge in [-0.2, -0.15) is 0 Å². The van der Waals surface area contributed by atoms with Gasteiger partial charge in [0.1, 0.15) is 12.3 Å². The molecule has 29 heavy (non-hydrogen) atoms. The summed E-state index contributed by atoms with van der Waals surface area (Å²) in [4.78, 5) is 36.4. The maximum absolute atomic E-state index is 12.4. The molecule has 0 spiro atoms. The number of amides is 2. The number of carbonyl (C=O) groups is 3. The van der Waals surface area contributed by atoms with E-state index in [2.05, 4.69) is 10.6 Å². The first-order valence-corrected chi connectivity index (χ1v) is 9.21. The number of rotatable bonds is 7. The van der Waals surface area contributed by atoms with Gasteiger partial charge < -0.3 is 20.1 Å². The Bertz CT molecular complexity index is 883. The number of carbonyl (C=O) groups excluding carboxylic acids is 3. The van der Waals surface area contributed by atoms with Crippen molar-refractivity contribution in [2.24, 2.45) is 0 Å². The summed E-state index contributed by atoms with van der Waals surface area (Å²) in [6.45, 7) is 6.93. The summed E-state index contributed by atoms with van der Waals surface area (Å²) in [5.74, 6) is -0.936. The first-order valence-electron chi connectivity index (χ1n) is 9.21. The second-order valence-electron chi connectivity index (χ2n) is 6.81. The molecule has 0 radical (unpaired) electrons. The quantitative estimate of drug-likeness (QED) is 0.700. The zero-order valence-electron chi connectivity index (χ0n) is 17.3. The topological polar surface area (TPSA) is 93.7 Å². The van der Waals surface area contributed by atoms with E-state index in [1.807, 2.05) is 32.9 Å². The molecule has 0 heterocycles. The predicted molar refractivity (Wildman–Crippen MR) is 110 cm³/mol. The molecule has 2 amide bonds. The molecular formula is C22H26N2O5. The van der Waals surface area contributed by atoms with Gasteiger partial charge >= 0.3 is 5.97 Å². The van der Waals surface area contributed by atoms with E-state index in [4.69, 9.17) is 9.47 Å². The third kappa shape index (κ3) is 6.07. The number of aryl methyl sites for hydroxylation is 3. The Hall–Kier alpha value is -3.35. The molecule has 2 rings (SSSR count). The van der Waals surface area contributed by atoms with Gasteiger partial charge in [0.15, 0.2) is 6.10 Å². The average molecular weight is 398 g/mol. The zero-order valence-corrected chi connectivity index (χ0v) is 17.3. The van der Waals surface area contributed by atoms with Crippen LogP contribution in [0.5, 0.6) is 5.75 Å². The lowest BCUT2D eigenvalue weighted by atomic mass is 10.0. The Morgan fingerprint density at radius 3 is 2.14 bits per heavy atom. The summed E-state index contributed by atoms with van der Waals surface area (Å²) in [5.41, 5.74) is 4.05. The van der Waals surface area contributed by atoms with E-state index in [0.29, 0.717) is 17.0 Å². The highest BCUT2D eigenvalue weighted by Crippen LogP contribution is 2.22. The van der Waals surface area contributed by atoms with E-state index in [1.165, 1.54) is 14.0 Å². The zero-order chi connectivity index (χ0) is 21.6. The molecular weight excluding hydrogens is 372 g/mol. The molecule has 0 aliphatic rings. The largest absolute Gasteiger partial charge is 0.497 e. The molecule has 2 aromatic carbocycles. The Kier molecular flexibility index (Phi) is 7.36. The van der Waals surface area contributed by atoms with Crippen molar-refractivity contribution in [1.29, 1.82) is 0 Å². The normalized spacial score (nSPS) is 11.3. The number of methoxy groups -OCH3 is 1. The van der Waals surface area contributed by atoms with Crippen LogP contribution in [0, 0.1) is 20.8 Å². The standard InChI is InChI=1S/C22H26N2O5/c1-13-10-14(2)20(15(3)11-13)24-21(26)16(4)29-19(25)12-23-22(27)17-6-8-18(28-5)9-7-17/h6-11,16H,12H2,1-5H3,(H,23,27)(H,24,26)/t16-/m0/s1. The molecule has 0 aromatic heterocycles. The minimum absolute atomic E-state index is 0.342. The summed E-state index contributed by atoms with van der Waals surface area (Å²) >= 11 is 0. The third-order valence-electron chi connectivity index (χ3n) is 4.35. The first-order chi connectivity index (χ1) is 13.7. The Labute approximate surface area is 170 Å². The fraction of sp³-hybridized carbons (Fsp3) is 0.318. The summed E-state index contributed by atoms with van der Waals surface area (Å²) in [5, 5.41) is 5.27. The van der Waals surface area contributed by atoms with Crippen molar-refractivity contribution in [3.63, 3.8) is 0 Å². The number of anilines is 1. The smallest absolute Gasteiger partial charge is 0.326 e. The number of hydrogen-bond donors (Lipinski definition) is 2. The Balaban J connectivity index is 1.86. The summed E-state index contributed by atoms with van der Waals surface area (Å²) < 4.78 is 10.2. The minimum Gasteiger partial charge on any atom is -0.497 e. The Morgan fingerprint density at radius 2 is 1.59 bits per heavy atom. The molecule has 0 saturated heterocycles. The first kappa shape index (κ1) is 21.9. The van der Waals surface area contributed by atoms with Gasteiger partial charge in [-0.1, -0.05) is 17.7 Å². The Morgan fingerprint density at radius 1 is 1.00 bits per heavy atom. The molecule has 1 atom stereocenters. The summed E-state index contributed by atoms with van der Waals surface area (Å²) in [6, 6.07) is 10.4. The van der Waals surface area contributed by atoms with E-state index in [0.717, 1.165) is 16.7 Å². The van der Waals surface area contributed by atoms with Crippen LogP contribution >= 0.6 is 0 Å². The van der Waals surface area contributed by atoms with Crippen LogP contribution in [0.1, 0.15) is 34.0 Å². The maximum atomic E-state index is 12.4. The molecule has 0 fully saturated rings. The van der Waals surface area contributed by atoms with Gasteiger partial charge in [0, 0.05) is 11.3 Å². The SMILES string of the molecule is COc1ccc(C(=O)NCC(=O)O[C@@H](C)C(=O)Nc2c(C)cc(C)cc2C)cc1. The summed E-state index contributed by atoms with van der Waals surface area (Å²) in [7, 11) is 1.53. The number of hydrogen-bond acceptors (Lipinski definition) is 5. The fourth-order valence-electron chi connectivity index (χ4n) is 2.89. The summed E-state index contributed by atoms with van der Waals surface area (Å²) in [6.07, 6.45) is -1.000. The van der Waals surface area contributed by atoms with Crippen LogP contribution in [-0.2, 0) is 14.3 Å². The fourth-order valence-corrected chi connectivity index (χ4v) is 2.89. The second-order valence-corrected chi connectivity index (χ2v) is 6.81. The second kappa shape index (κ2) is 9.73. The van der Waals surface area contributed by atoms with Crippen LogP contribution in [0.2, 0.25) is 0 Å². The molecule has 0 unspecified atom stereocenters. The highest BCUT2D eigenvalue weighted by molar-refractivity contribution is 5.98. The lowest BCUT2D eigenvalue weighted by Gasteiger charge is -2.17. The van der Waals surface area contributed by atoms with Gasteiger partial charge in [-0.3, -0.25) is 14.4 Å². The monoisotopic (exact) mass is 398 g/mol. The van der Waals surface area contributed by atoms with Crippen LogP contribution in [0.15, 0.2) is 36.4 Å². The van der Waals surface area contributed by atoms with Crippen molar-refractivity contribution in [3.05, 3.63) is 58.7 Å². The number of ether oxygens (including phenoxy) is 2. The number of benzene rings is 2. The number of nitrogens with one attached hydrogen (secondary N) is 2. The number of esters is 1. The highest BCUT2D eigenvalue weighted by atomic mass is 16.5. The van der Waals surface area contributed by atoms with Gasteiger partial charge in [-0.25, -0.2) is 0 Å². The molecule has 154 valence electrons. The van der Waals surface area contributed by atoms with Crippen molar-refractivity contribution < 1.29 is 23.9 Å². The van der Waals surface area contributed by atoms with Gasteiger partial charge in [0.25, 0.3) is 11.8 Å². The van der Waals surface area contributed by atoms with Gasteiger partial charge in [-0.05, 0) is 63.1 Å². The van der Waals surface area contributed by atoms with Crippen LogP contribution in [0.3, 0.4) is 0 Å². The van der Waals surface area contributed by atoms with Crippen molar-refractivity contribution >= 4 is 23.5 Å². The van der Waals surface area contributed by atoms with Gasteiger partial charge in [0.2, 0.25) is 0 Å². The van der Waals surface area contributed by atoms with E-state index >= 15 is 0 Å². The van der Waals surface area contributed by atoms with E-state index in [-0.39, 0.29) is 6.54 Å². The van der Waals surface area contributed by atoms with E-state index in [1.54, 1.807) is 24.3 Å². The third-order valence-corrected chi connectivity index (χ3v) is 4.35. The molecule has 0 aliphatic carbocycles. The van der Waals surface area contributed by atoms with Crippen LogP contribution < -0.4 is 15.4 Å². The van der Waals surface area contributed by atoms with Crippen LogP contribution in [-0.4, -0.2) is 37.5 Å². The van der Waals surface area contributed by atoms with E-state index < -0.39 is 23.9 Å². The molecule has 0 bridgehead atoms. The average Bonchev–Trinajstić information content (AvgIpc) is 2.68. The maximum Gasteiger partial charge on any atom is 0.326 e. The van der Waals surface area contributed by atoms with Crippen molar-refractivity contribution in [3.8, 4) is 5.75 Å². The lowest BCUT2D eigenvalue weighted by Crippen LogP contribution is -2.36. The van der Waals surface area contributed by atoms with Crippen molar-refractivity contribution in [2.45, 2.75) is 33.8 Å². The molecule has 2 N–H and O–H groups in total.